The summed E-state index contributed by atoms with van der Waals surface area (Å²) in [5.41, 5.74) is 1.11. The van der Waals surface area contributed by atoms with Crippen LogP contribution in [0, 0.1) is 0 Å². The highest BCUT2D eigenvalue weighted by molar-refractivity contribution is 5.19. The van der Waals surface area contributed by atoms with E-state index in [0.717, 1.165) is 30.9 Å². The van der Waals surface area contributed by atoms with Gasteiger partial charge in [-0.05, 0) is 25.0 Å². The molecule has 72 valence electrons. The van der Waals surface area contributed by atoms with Gasteiger partial charge < -0.3 is 4.74 Å². The maximum absolute atomic E-state index is 5.48. The van der Waals surface area contributed by atoms with Gasteiger partial charge in [-0.3, -0.25) is 4.98 Å². The minimum Gasteiger partial charge on any atom is -0.492 e. The number of rotatable bonds is 5. The van der Waals surface area contributed by atoms with Crippen molar-refractivity contribution in [1.29, 1.82) is 0 Å². The van der Waals surface area contributed by atoms with Crippen molar-refractivity contribution in [2.45, 2.75) is 33.1 Å². The van der Waals surface area contributed by atoms with Crippen LogP contribution in [-0.4, -0.2) is 11.6 Å². The van der Waals surface area contributed by atoms with Gasteiger partial charge in [-0.2, -0.15) is 0 Å². The first kappa shape index (κ1) is 10.0. The van der Waals surface area contributed by atoms with E-state index < -0.39 is 0 Å². The van der Waals surface area contributed by atoms with Gasteiger partial charge in [0.05, 0.1) is 12.8 Å². The molecule has 0 bridgehead atoms. The molecule has 0 aliphatic heterocycles. The van der Waals surface area contributed by atoms with Crippen LogP contribution in [0.15, 0.2) is 18.3 Å². The van der Waals surface area contributed by atoms with Crippen molar-refractivity contribution >= 4 is 0 Å². The number of nitrogens with zero attached hydrogens (tertiary/aromatic N) is 1. The largest absolute Gasteiger partial charge is 0.492 e. The van der Waals surface area contributed by atoms with Gasteiger partial charge in [0.1, 0.15) is 5.75 Å². The number of hydrogen-bond acceptors (Lipinski definition) is 2. The summed E-state index contributed by atoms with van der Waals surface area (Å²) in [6, 6.07) is 4.00. The van der Waals surface area contributed by atoms with E-state index in [4.69, 9.17) is 4.74 Å². The average molecular weight is 179 g/mol. The maximum atomic E-state index is 5.48. The van der Waals surface area contributed by atoms with Gasteiger partial charge >= 0.3 is 0 Å². The molecule has 0 saturated carbocycles. The van der Waals surface area contributed by atoms with E-state index in [2.05, 4.69) is 18.8 Å². The third-order valence-electron chi connectivity index (χ3n) is 1.93. The molecule has 0 unspecified atom stereocenters. The first-order valence-corrected chi connectivity index (χ1v) is 4.94. The molecule has 0 radical (unpaired) electrons. The van der Waals surface area contributed by atoms with Crippen molar-refractivity contribution in [1.82, 2.24) is 4.98 Å². The second kappa shape index (κ2) is 5.57. The number of hydrogen-bond donors (Lipinski definition) is 0. The third-order valence-corrected chi connectivity index (χ3v) is 1.93. The number of pyridine rings is 1. The number of aryl methyl sites for hydroxylation is 1. The molecule has 0 aliphatic rings. The Kier molecular flexibility index (Phi) is 4.30. The number of unbranched alkanes of at least 4 members (excludes halogenated alkanes) is 1. The summed E-state index contributed by atoms with van der Waals surface area (Å²) < 4.78 is 5.48. The maximum Gasteiger partial charge on any atom is 0.137 e. The number of aromatic nitrogens is 1. The zero-order valence-corrected chi connectivity index (χ0v) is 8.42. The van der Waals surface area contributed by atoms with E-state index >= 15 is 0 Å². The van der Waals surface area contributed by atoms with Crippen LogP contribution in [0.4, 0.5) is 0 Å². The second-order valence-electron chi connectivity index (χ2n) is 3.04. The Morgan fingerprint density at radius 3 is 2.69 bits per heavy atom. The summed E-state index contributed by atoms with van der Waals surface area (Å²) >= 11 is 0. The fraction of sp³-hybridized carbons (Fsp3) is 0.545. The van der Waals surface area contributed by atoms with Gasteiger partial charge in [-0.1, -0.05) is 20.3 Å². The van der Waals surface area contributed by atoms with Gasteiger partial charge in [-0.25, -0.2) is 0 Å². The zero-order chi connectivity index (χ0) is 9.52. The summed E-state index contributed by atoms with van der Waals surface area (Å²) in [5, 5.41) is 0. The molecule has 1 rings (SSSR count). The van der Waals surface area contributed by atoms with Gasteiger partial charge in [-0.15, -0.1) is 0 Å². The first-order chi connectivity index (χ1) is 6.36. The lowest BCUT2D eigenvalue weighted by Gasteiger charge is -2.04. The van der Waals surface area contributed by atoms with Crippen molar-refractivity contribution in [2.75, 3.05) is 6.61 Å². The molecular formula is C11H17NO. The number of ether oxygens (including phenoxy) is 1. The van der Waals surface area contributed by atoms with Crippen LogP contribution in [0.3, 0.4) is 0 Å². The molecule has 0 saturated heterocycles. The zero-order valence-electron chi connectivity index (χ0n) is 8.42. The molecule has 0 amide bonds. The Labute approximate surface area is 80.0 Å². The molecule has 0 spiro atoms. The second-order valence-corrected chi connectivity index (χ2v) is 3.04. The highest BCUT2D eigenvalue weighted by atomic mass is 16.5. The van der Waals surface area contributed by atoms with E-state index in [0.29, 0.717) is 0 Å². The van der Waals surface area contributed by atoms with Gasteiger partial charge in [0.2, 0.25) is 0 Å². The van der Waals surface area contributed by atoms with E-state index in [9.17, 15) is 0 Å². The van der Waals surface area contributed by atoms with Crippen molar-refractivity contribution in [3.63, 3.8) is 0 Å². The topological polar surface area (TPSA) is 22.1 Å². The van der Waals surface area contributed by atoms with Crippen molar-refractivity contribution < 1.29 is 4.74 Å². The molecule has 0 aliphatic carbocycles. The summed E-state index contributed by atoms with van der Waals surface area (Å²) in [6.45, 7) is 5.05. The Hall–Kier alpha value is -1.05. The minimum atomic E-state index is 0.795. The minimum absolute atomic E-state index is 0.795. The predicted molar refractivity (Wildman–Crippen MR) is 54.0 cm³/mol. The molecule has 0 aromatic carbocycles. The third kappa shape index (κ3) is 3.45. The Morgan fingerprint density at radius 1 is 1.31 bits per heavy atom. The summed E-state index contributed by atoms with van der Waals surface area (Å²) in [4.78, 5) is 4.25. The average Bonchev–Trinajstić information content (AvgIpc) is 2.19. The molecule has 1 aromatic rings. The fourth-order valence-corrected chi connectivity index (χ4v) is 1.04. The first-order valence-electron chi connectivity index (χ1n) is 4.94. The quantitative estimate of drug-likeness (QED) is 0.648. The molecule has 2 heteroatoms. The fourth-order valence-electron chi connectivity index (χ4n) is 1.04. The van der Waals surface area contributed by atoms with Crippen molar-refractivity contribution in [3.05, 3.63) is 24.0 Å². The molecule has 0 fully saturated rings. The Bertz CT molecular complexity index is 230. The van der Waals surface area contributed by atoms with Crippen LogP contribution in [0.5, 0.6) is 5.75 Å². The highest BCUT2D eigenvalue weighted by Crippen LogP contribution is 2.09. The molecular weight excluding hydrogens is 162 g/mol. The lowest BCUT2D eigenvalue weighted by atomic mass is 10.3. The lowest BCUT2D eigenvalue weighted by molar-refractivity contribution is 0.308. The summed E-state index contributed by atoms with van der Waals surface area (Å²) in [7, 11) is 0. The van der Waals surface area contributed by atoms with Gasteiger partial charge in [0.25, 0.3) is 0 Å². The van der Waals surface area contributed by atoms with Crippen LogP contribution < -0.4 is 4.74 Å². The summed E-state index contributed by atoms with van der Waals surface area (Å²) in [6.07, 6.45) is 5.06. The highest BCUT2D eigenvalue weighted by Gasteiger charge is 1.94. The van der Waals surface area contributed by atoms with Crippen molar-refractivity contribution in [2.24, 2.45) is 0 Å². The van der Waals surface area contributed by atoms with Crippen LogP contribution in [0.25, 0.3) is 0 Å². The van der Waals surface area contributed by atoms with E-state index in [1.807, 2.05) is 12.1 Å². The molecule has 1 aromatic heterocycles. The molecule has 0 atom stereocenters. The van der Waals surface area contributed by atoms with E-state index in [1.54, 1.807) is 6.20 Å². The predicted octanol–water partition coefficient (Wildman–Crippen LogP) is 2.82. The van der Waals surface area contributed by atoms with Gasteiger partial charge in [0.15, 0.2) is 0 Å². The molecule has 2 nitrogen and oxygen atoms in total. The normalized spacial score (nSPS) is 10.0. The van der Waals surface area contributed by atoms with E-state index in [-0.39, 0.29) is 0 Å². The molecule has 0 N–H and O–H groups in total. The van der Waals surface area contributed by atoms with E-state index in [1.165, 1.54) is 6.42 Å². The van der Waals surface area contributed by atoms with Crippen LogP contribution in [0.1, 0.15) is 32.4 Å². The van der Waals surface area contributed by atoms with Crippen molar-refractivity contribution in [3.8, 4) is 5.75 Å². The van der Waals surface area contributed by atoms with Gasteiger partial charge in [0, 0.05) is 5.69 Å². The van der Waals surface area contributed by atoms with Crippen LogP contribution in [0.2, 0.25) is 0 Å². The van der Waals surface area contributed by atoms with Crippen LogP contribution >= 0.6 is 0 Å². The smallest absolute Gasteiger partial charge is 0.137 e. The van der Waals surface area contributed by atoms with Crippen LogP contribution in [-0.2, 0) is 6.42 Å². The Morgan fingerprint density at radius 2 is 2.15 bits per heavy atom. The SMILES string of the molecule is CCCCOc1ccc(CC)nc1. The molecule has 13 heavy (non-hydrogen) atoms. The monoisotopic (exact) mass is 179 g/mol. The standard InChI is InChI=1S/C11H17NO/c1-3-5-8-13-11-7-6-10(4-2)12-9-11/h6-7,9H,3-5,8H2,1-2H3. The Balaban J connectivity index is 2.40. The lowest BCUT2D eigenvalue weighted by Crippen LogP contribution is -1.97. The molecule has 1 heterocycles. The summed E-state index contributed by atoms with van der Waals surface area (Å²) in [5.74, 6) is 0.880.